The van der Waals surface area contributed by atoms with E-state index in [0.717, 1.165) is 5.56 Å². The lowest BCUT2D eigenvalue weighted by molar-refractivity contribution is -0.384. The molecule has 2 aromatic carbocycles. The van der Waals surface area contributed by atoms with E-state index in [0.29, 0.717) is 28.5 Å². The number of methoxy groups -OCH3 is 3. The first-order valence-electron chi connectivity index (χ1n) is 8.67. The number of aliphatic imine (C=N–C) groups is 1. The van der Waals surface area contributed by atoms with Crippen LogP contribution < -0.4 is 14.2 Å². The van der Waals surface area contributed by atoms with Gasteiger partial charge in [-0.1, -0.05) is 6.07 Å². The molecule has 156 valence electrons. The molecule has 10 nitrogen and oxygen atoms in total. The Morgan fingerprint density at radius 2 is 1.80 bits per heavy atom. The second-order valence-electron chi connectivity index (χ2n) is 6.11. The second-order valence-corrected chi connectivity index (χ2v) is 6.11. The fourth-order valence-corrected chi connectivity index (χ4v) is 2.72. The number of rotatable bonds is 7. The summed E-state index contributed by atoms with van der Waals surface area (Å²) in [5.74, 6) is 0.843. The summed E-state index contributed by atoms with van der Waals surface area (Å²) < 4.78 is 21.2. The third-order valence-electron chi connectivity index (χ3n) is 4.28. The fraction of sp³-hybridized carbons (Fsp3) is 0.200. The third kappa shape index (κ3) is 4.02. The zero-order chi connectivity index (χ0) is 21.8. The first-order valence-corrected chi connectivity index (χ1v) is 8.67. The number of oxazole rings is 1. The van der Waals surface area contributed by atoms with Gasteiger partial charge in [0.05, 0.1) is 38.2 Å². The van der Waals surface area contributed by atoms with Crippen LogP contribution in [0.4, 0.5) is 11.4 Å². The lowest BCUT2D eigenvalue weighted by atomic mass is 10.2. The van der Waals surface area contributed by atoms with E-state index in [1.165, 1.54) is 39.7 Å². The topological polar surface area (TPSA) is 129 Å². The van der Waals surface area contributed by atoms with Crippen LogP contribution in [-0.2, 0) is 0 Å². The smallest absolute Gasteiger partial charge is 0.312 e. The molecule has 0 amide bonds. The third-order valence-corrected chi connectivity index (χ3v) is 4.28. The number of aromatic hydroxyl groups is 1. The van der Waals surface area contributed by atoms with Crippen molar-refractivity contribution >= 4 is 17.6 Å². The van der Waals surface area contributed by atoms with E-state index in [2.05, 4.69) is 9.98 Å². The Morgan fingerprint density at radius 3 is 2.37 bits per heavy atom. The molecule has 0 saturated heterocycles. The standard InChI is InChI=1S/C20H19N3O7/c1-11-5-6-13(23(25)26)9-14(11)21-10-15-20(24)30-19(22-15)12-7-16(27-2)18(29-4)17(8-12)28-3/h5-10,24H,1-4H3. The average Bonchev–Trinajstić information content (AvgIpc) is 3.12. The summed E-state index contributed by atoms with van der Waals surface area (Å²) in [7, 11) is 4.45. The first kappa shape index (κ1) is 20.6. The minimum Gasteiger partial charge on any atom is -0.493 e. The summed E-state index contributed by atoms with van der Waals surface area (Å²) in [4.78, 5) is 18.9. The SMILES string of the molecule is COc1cc(-c2nc(C=Nc3cc([N+](=O)[O-])ccc3C)c(O)o2)cc(OC)c1OC. The molecule has 0 atom stereocenters. The molecule has 1 N–H and O–H groups in total. The molecule has 0 radical (unpaired) electrons. The van der Waals surface area contributed by atoms with Crippen LogP contribution >= 0.6 is 0 Å². The summed E-state index contributed by atoms with van der Waals surface area (Å²) in [6.45, 7) is 1.76. The highest BCUT2D eigenvalue weighted by molar-refractivity contribution is 5.83. The Bertz CT molecular complexity index is 1100. The number of nitro groups is 1. The van der Waals surface area contributed by atoms with Crippen molar-refractivity contribution in [1.29, 1.82) is 0 Å². The highest BCUT2D eigenvalue weighted by atomic mass is 16.6. The minimum atomic E-state index is -0.505. The van der Waals surface area contributed by atoms with E-state index in [-0.39, 0.29) is 17.3 Å². The number of hydrogen-bond acceptors (Lipinski definition) is 9. The van der Waals surface area contributed by atoms with Crippen molar-refractivity contribution in [2.24, 2.45) is 4.99 Å². The molecule has 30 heavy (non-hydrogen) atoms. The monoisotopic (exact) mass is 413 g/mol. The highest BCUT2D eigenvalue weighted by Crippen LogP contribution is 2.41. The van der Waals surface area contributed by atoms with Gasteiger partial charge in [-0.05, 0) is 24.6 Å². The molecular weight excluding hydrogens is 394 g/mol. The van der Waals surface area contributed by atoms with Crippen molar-refractivity contribution in [3.8, 4) is 34.6 Å². The van der Waals surface area contributed by atoms with Crippen molar-refractivity contribution < 1.29 is 28.7 Å². The summed E-state index contributed by atoms with van der Waals surface area (Å²) in [6, 6.07) is 7.57. The molecule has 0 aliphatic rings. The molecule has 1 aromatic heterocycles. The van der Waals surface area contributed by atoms with Gasteiger partial charge in [0.15, 0.2) is 17.2 Å². The Balaban J connectivity index is 1.98. The summed E-state index contributed by atoms with van der Waals surface area (Å²) >= 11 is 0. The van der Waals surface area contributed by atoms with Gasteiger partial charge in [-0.2, -0.15) is 0 Å². The second kappa shape index (κ2) is 8.52. The lowest BCUT2D eigenvalue weighted by Crippen LogP contribution is -1.95. The number of ether oxygens (including phenoxy) is 3. The van der Waals surface area contributed by atoms with Crippen LogP contribution in [0, 0.1) is 17.0 Å². The van der Waals surface area contributed by atoms with Gasteiger partial charge >= 0.3 is 5.95 Å². The zero-order valence-corrected chi connectivity index (χ0v) is 16.7. The molecule has 3 rings (SSSR count). The molecule has 10 heteroatoms. The van der Waals surface area contributed by atoms with Crippen LogP contribution in [0.25, 0.3) is 11.5 Å². The molecular formula is C20H19N3O7. The summed E-state index contributed by atoms with van der Waals surface area (Å²) in [6.07, 6.45) is 1.27. The van der Waals surface area contributed by atoms with E-state index in [4.69, 9.17) is 18.6 Å². The van der Waals surface area contributed by atoms with Crippen molar-refractivity contribution in [3.63, 3.8) is 0 Å². The lowest BCUT2D eigenvalue weighted by Gasteiger charge is -2.12. The largest absolute Gasteiger partial charge is 0.493 e. The van der Waals surface area contributed by atoms with Crippen molar-refractivity contribution in [2.75, 3.05) is 21.3 Å². The van der Waals surface area contributed by atoms with Crippen LogP contribution in [-0.4, -0.2) is 42.6 Å². The Hall–Kier alpha value is -4.08. The maximum absolute atomic E-state index is 11.0. The molecule has 0 spiro atoms. The molecule has 3 aromatic rings. The first-order chi connectivity index (χ1) is 14.4. The minimum absolute atomic E-state index is 0.0599. The molecule has 0 unspecified atom stereocenters. The van der Waals surface area contributed by atoms with Gasteiger partial charge in [-0.3, -0.25) is 15.1 Å². The average molecular weight is 413 g/mol. The van der Waals surface area contributed by atoms with Crippen molar-refractivity contribution in [2.45, 2.75) is 6.92 Å². The van der Waals surface area contributed by atoms with Gasteiger partial charge in [0.1, 0.15) is 0 Å². The quantitative estimate of drug-likeness (QED) is 0.349. The van der Waals surface area contributed by atoms with E-state index >= 15 is 0 Å². The number of nitro benzene ring substituents is 1. The maximum Gasteiger partial charge on any atom is 0.312 e. The molecule has 0 saturated carbocycles. The van der Waals surface area contributed by atoms with Gasteiger partial charge in [0, 0.05) is 17.7 Å². The van der Waals surface area contributed by atoms with Crippen molar-refractivity contribution in [3.05, 3.63) is 51.7 Å². The van der Waals surface area contributed by atoms with Crippen molar-refractivity contribution in [1.82, 2.24) is 4.98 Å². The molecule has 0 aliphatic carbocycles. The van der Waals surface area contributed by atoms with Gasteiger partial charge in [-0.25, -0.2) is 4.98 Å². The van der Waals surface area contributed by atoms with Gasteiger partial charge in [0.25, 0.3) is 5.69 Å². The molecule has 1 heterocycles. The van der Waals surface area contributed by atoms with Crippen LogP contribution in [0.5, 0.6) is 23.2 Å². The van der Waals surface area contributed by atoms with Gasteiger partial charge < -0.3 is 23.7 Å². The van der Waals surface area contributed by atoms with Gasteiger partial charge in [0.2, 0.25) is 11.6 Å². The number of aromatic nitrogens is 1. The zero-order valence-electron chi connectivity index (χ0n) is 16.7. The molecule has 0 bridgehead atoms. The Morgan fingerprint density at radius 1 is 1.13 bits per heavy atom. The highest BCUT2D eigenvalue weighted by Gasteiger charge is 2.19. The molecule has 0 fully saturated rings. The molecule has 0 aliphatic heterocycles. The summed E-state index contributed by atoms with van der Waals surface area (Å²) in [5, 5.41) is 21.1. The summed E-state index contributed by atoms with van der Waals surface area (Å²) in [5.41, 5.74) is 1.55. The predicted molar refractivity (Wildman–Crippen MR) is 108 cm³/mol. The Kier molecular flexibility index (Phi) is 5.86. The van der Waals surface area contributed by atoms with Crippen LogP contribution in [0.2, 0.25) is 0 Å². The number of hydrogen-bond donors (Lipinski definition) is 1. The maximum atomic E-state index is 11.0. The predicted octanol–water partition coefficient (Wildman–Crippen LogP) is 4.04. The number of nitrogens with zero attached hydrogens (tertiary/aromatic N) is 3. The number of aryl methyl sites for hydroxylation is 1. The number of benzene rings is 2. The van der Waals surface area contributed by atoms with E-state index in [1.807, 2.05) is 0 Å². The van der Waals surface area contributed by atoms with Crippen LogP contribution in [0.1, 0.15) is 11.3 Å². The number of non-ortho nitro benzene ring substituents is 1. The van der Waals surface area contributed by atoms with Crippen LogP contribution in [0.15, 0.2) is 39.7 Å². The fourth-order valence-electron chi connectivity index (χ4n) is 2.72. The van der Waals surface area contributed by atoms with Gasteiger partial charge in [-0.15, -0.1) is 0 Å². The van der Waals surface area contributed by atoms with E-state index in [9.17, 15) is 15.2 Å². The van der Waals surface area contributed by atoms with Crippen LogP contribution in [0.3, 0.4) is 0 Å². The van der Waals surface area contributed by atoms with E-state index in [1.54, 1.807) is 25.1 Å². The van der Waals surface area contributed by atoms with E-state index < -0.39 is 10.9 Å². The normalized spacial score (nSPS) is 10.9. The Labute approximate surface area is 171 Å².